The quantitative estimate of drug-likeness (QED) is 0.866. The van der Waals surface area contributed by atoms with Crippen molar-refractivity contribution < 1.29 is 14.6 Å². The Labute approximate surface area is 131 Å². The van der Waals surface area contributed by atoms with Crippen LogP contribution in [-0.2, 0) is 19.4 Å². The zero-order chi connectivity index (χ0) is 14.9. The highest BCUT2D eigenvalue weighted by atomic mass is 16.5. The van der Waals surface area contributed by atoms with Crippen molar-refractivity contribution in [3.8, 4) is 17.2 Å². The Balaban J connectivity index is 1.77. The number of hydrogen-bond acceptors (Lipinski definition) is 5. The molecule has 1 aromatic carbocycles. The molecule has 1 aromatic rings. The van der Waals surface area contributed by atoms with E-state index < -0.39 is 0 Å². The maximum atomic E-state index is 10.6. The molecule has 5 heteroatoms. The largest absolute Gasteiger partial charge is 0.504 e. The summed E-state index contributed by atoms with van der Waals surface area (Å²) < 4.78 is 11.8. The van der Waals surface area contributed by atoms with Crippen LogP contribution in [0.2, 0.25) is 0 Å². The average Bonchev–Trinajstić information content (AvgIpc) is 2.59. The van der Waals surface area contributed by atoms with E-state index in [2.05, 4.69) is 10.2 Å². The van der Waals surface area contributed by atoms with E-state index in [-0.39, 0.29) is 0 Å². The molecular formula is C17H24N2O3. The summed E-state index contributed by atoms with van der Waals surface area (Å²) in [6.07, 6.45) is 3.83. The number of nitrogens with zero attached hydrogens (tertiary/aromatic N) is 1. The van der Waals surface area contributed by atoms with Gasteiger partial charge < -0.3 is 19.9 Å². The van der Waals surface area contributed by atoms with Gasteiger partial charge in [0.25, 0.3) is 0 Å². The number of phenols is 1. The lowest BCUT2D eigenvalue weighted by atomic mass is 9.91. The molecule has 0 spiro atoms. The first-order chi connectivity index (χ1) is 10.8. The topological polar surface area (TPSA) is 54.0 Å². The third-order valence-corrected chi connectivity index (χ3v) is 4.91. The summed E-state index contributed by atoms with van der Waals surface area (Å²) in [7, 11) is 0. The second kappa shape index (κ2) is 5.97. The standard InChI is InChI=1S/C17H24N2O3/c20-15-13-4-2-9-21-16(13)14(11-19-7-5-18-6-8-19)12-3-1-10-22-17(12)15/h18,20H,1-11H2. The van der Waals surface area contributed by atoms with Crippen LogP contribution in [0.5, 0.6) is 17.2 Å². The zero-order valence-corrected chi connectivity index (χ0v) is 13.0. The fraction of sp³-hybridized carbons (Fsp3) is 0.647. The summed E-state index contributed by atoms with van der Waals surface area (Å²) in [5.74, 6) is 1.99. The van der Waals surface area contributed by atoms with Crippen molar-refractivity contribution in [1.29, 1.82) is 0 Å². The Morgan fingerprint density at radius 1 is 0.955 bits per heavy atom. The van der Waals surface area contributed by atoms with E-state index in [1.165, 1.54) is 11.1 Å². The van der Waals surface area contributed by atoms with Gasteiger partial charge in [-0.15, -0.1) is 0 Å². The van der Waals surface area contributed by atoms with Crippen LogP contribution >= 0.6 is 0 Å². The zero-order valence-electron chi connectivity index (χ0n) is 13.0. The molecule has 3 aliphatic heterocycles. The van der Waals surface area contributed by atoms with Crippen molar-refractivity contribution in [3.05, 3.63) is 16.7 Å². The van der Waals surface area contributed by atoms with Gasteiger partial charge in [0.2, 0.25) is 0 Å². The summed E-state index contributed by atoms with van der Waals surface area (Å²) in [5.41, 5.74) is 3.38. The molecule has 0 unspecified atom stereocenters. The van der Waals surface area contributed by atoms with Crippen LogP contribution in [0, 0.1) is 0 Å². The monoisotopic (exact) mass is 304 g/mol. The fourth-order valence-electron chi connectivity index (χ4n) is 3.78. The number of phenolic OH excluding ortho intramolecular Hbond substituents is 1. The van der Waals surface area contributed by atoms with Gasteiger partial charge in [0.15, 0.2) is 11.5 Å². The van der Waals surface area contributed by atoms with Gasteiger partial charge in [-0.3, -0.25) is 4.90 Å². The molecule has 3 heterocycles. The molecule has 0 amide bonds. The lowest BCUT2D eigenvalue weighted by Gasteiger charge is -2.33. The van der Waals surface area contributed by atoms with Crippen LogP contribution < -0.4 is 14.8 Å². The van der Waals surface area contributed by atoms with Gasteiger partial charge in [0.1, 0.15) is 5.75 Å². The highest BCUT2D eigenvalue weighted by Crippen LogP contribution is 2.47. The number of rotatable bonds is 2. The lowest BCUT2D eigenvalue weighted by Crippen LogP contribution is -2.43. The SMILES string of the molecule is Oc1c2c(c(CN3CCNCC3)c3c1OCCC3)OCCC2. The van der Waals surface area contributed by atoms with E-state index in [9.17, 15) is 5.11 Å². The number of aromatic hydroxyl groups is 1. The van der Waals surface area contributed by atoms with Crippen LogP contribution in [0.4, 0.5) is 0 Å². The molecule has 22 heavy (non-hydrogen) atoms. The third-order valence-electron chi connectivity index (χ3n) is 4.91. The number of fused-ring (bicyclic) bond motifs is 2. The fourth-order valence-corrected chi connectivity index (χ4v) is 3.78. The van der Waals surface area contributed by atoms with E-state index in [0.717, 1.165) is 82.1 Å². The van der Waals surface area contributed by atoms with Crippen LogP contribution in [0.15, 0.2) is 0 Å². The van der Waals surface area contributed by atoms with Crippen molar-refractivity contribution in [2.45, 2.75) is 32.2 Å². The predicted octanol–water partition coefficient (Wildman–Crippen LogP) is 1.45. The summed E-state index contributed by atoms with van der Waals surface area (Å²) in [6.45, 7) is 6.56. The van der Waals surface area contributed by atoms with E-state index in [1.807, 2.05) is 0 Å². The average molecular weight is 304 g/mol. The molecule has 0 saturated carbocycles. The van der Waals surface area contributed by atoms with Crippen LogP contribution in [0.25, 0.3) is 0 Å². The third kappa shape index (κ3) is 2.42. The minimum absolute atomic E-state index is 0.327. The van der Waals surface area contributed by atoms with E-state index >= 15 is 0 Å². The number of hydrogen-bond donors (Lipinski definition) is 2. The first kappa shape index (κ1) is 14.2. The molecule has 0 atom stereocenters. The second-order valence-electron chi connectivity index (χ2n) is 6.37. The molecule has 5 nitrogen and oxygen atoms in total. The van der Waals surface area contributed by atoms with Crippen molar-refractivity contribution >= 4 is 0 Å². The highest BCUT2D eigenvalue weighted by Gasteiger charge is 2.30. The second-order valence-corrected chi connectivity index (χ2v) is 6.37. The molecular weight excluding hydrogens is 280 g/mol. The predicted molar refractivity (Wildman–Crippen MR) is 83.9 cm³/mol. The van der Waals surface area contributed by atoms with Gasteiger partial charge in [-0.25, -0.2) is 0 Å². The molecule has 4 rings (SSSR count). The number of nitrogens with one attached hydrogen (secondary N) is 1. The summed E-state index contributed by atoms with van der Waals surface area (Å²) in [6, 6.07) is 0. The molecule has 0 aliphatic carbocycles. The van der Waals surface area contributed by atoms with Crippen LogP contribution in [0.3, 0.4) is 0 Å². The van der Waals surface area contributed by atoms with Gasteiger partial charge in [-0.05, 0) is 25.7 Å². The smallest absolute Gasteiger partial charge is 0.164 e. The van der Waals surface area contributed by atoms with Crippen molar-refractivity contribution in [1.82, 2.24) is 10.2 Å². The minimum atomic E-state index is 0.327. The van der Waals surface area contributed by atoms with Crippen molar-refractivity contribution in [2.24, 2.45) is 0 Å². The van der Waals surface area contributed by atoms with Crippen molar-refractivity contribution in [2.75, 3.05) is 39.4 Å². The molecule has 2 N–H and O–H groups in total. The summed E-state index contributed by atoms with van der Waals surface area (Å²) in [4.78, 5) is 2.47. The summed E-state index contributed by atoms with van der Waals surface area (Å²) in [5, 5.41) is 14.0. The Morgan fingerprint density at radius 2 is 1.64 bits per heavy atom. The number of ether oxygens (including phenoxy) is 2. The van der Waals surface area contributed by atoms with Gasteiger partial charge in [-0.2, -0.15) is 0 Å². The summed E-state index contributed by atoms with van der Waals surface area (Å²) >= 11 is 0. The number of benzene rings is 1. The molecule has 0 aromatic heterocycles. The molecule has 120 valence electrons. The highest BCUT2D eigenvalue weighted by molar-refractivity contribution is 5.63. The van der Waals surface area contributed by atoms with E-state index in [0.29, 0.717) is 12.4 Å². The first-order valence-electron chi connectivity index (χ1n) is 8.43. The molecule has 1 fully saturated rings. The Hall–Kier alpha value is -1.46. The van der Waals surface area contributed by atoms with Crippen LogP contribution in [0.1, 0.15) is 29.5 Å². The van der Waals surface area contributed by atoms with Gasteiger partial charge in [-0.1, -0.05) is 0 Å². The Bertz CT molecular complexity index is 531. The maximum absolute atomic E-state index is 10.6. The first-order valence-corrected chi connectivity index (χ1v) is 8.43. The Morgan fingerprint density at radius 3 is 2.41 bits per heavy atom. The van der Waals surface area contributed by atoms with E-state index in [1.54, 1.807) is 0 Å². The van der Waals surface area contributed by atoms with Gasteiger partial charge in [0, 0.05) is 49.4 Å². The Kier molecular flexibility index (Phi) is 3.84. The molecule has 0 bridgehead atoms. The van der Waals surface area contributed by atoms with Gasteiger partial charge >= 0.3 is 0 Å². The molecule has 3 aliphatic rings. The van der Waals surface area contributed by atoms with Crippen molar-refractivity contribution in [3.63, 3.8) is 0 Å². The normalized spacial score (nSPS) is 21.5. The van der Waals surface area contributed by atoms with Crippen LogP contribution in [-0.4, -0.2) is 49.4 Å². The minimum Gasteiger partial charge on any atom is -0.504 e. The molecule has 1 saturated heterocycles. The number of piperazine rings is 1. The van der Waals surface area contributed by atoms with E-state index in [4.69, 9.17) is 9.47 Å². The maximum Gasteiger partial charge on any atom is 0.164 e. The molecule has 0 radical (unpaired) electrons. The lowest BCUT2D eigenvalue weighted by molar-refractivity contribution is 0.216. The van der Waals surface area contributed by atoms with Gasteiger partial charge in [0.05, 0.1) is 13.2 Å².